The molecule has 1 radical (unpaired) electrons. The predicted molar refractivity (Wildman–Crippen MR) is 61.3 cm³/mol. The van der Waals surface area contributed by atoms with Crippen LogP contribution in [0.25, 0.3) is 0 Å². The highest BCUT2D eigenvalue weighted by molar-refractivity contribution is 6.37. The Kier molecular flexibility index (Phi) is 3.85. The van der Waals surface area contributed by atoms with Crippen molar-refractivity contribution in [2.45, 2.75) is 5.92 Å². The molecular weight excluding hydrogens is 219 g/mol. The first-order valence-electron chi connectivity index (χ1n) is 4.08. The molecule has 1 rings (SSSR count). The van der Waals surface area contributed by atoms with Gasteiger partial charge < -0.3 is 4.74 Å². The lowest BCUT2D eigenvalue weighted by atomic mass is 10.0. The smallest absolute Gasteiger partial charge is 0.156 e. The van der Waals surface area contributed by atoms with Crippen LogP contribution in [0.15, 0.2) is 24.8 Å². The van der Waals surface area contributed by atoms with Crippen LogP contribution in [0.2, 0.25) is 10.0 Å². The van der Waals surface area contributed by atoms with E-state index in [1.807, 2.05) is 0 Å². The molecule has 0 saturated heterocycles. The Morgan fingerprint density at radius 2 is 1.86 bits per heavy atom. The third kappa shape index (κ3) is 2.23. The molecule has 0 aliphatic heterocycles. The molecule has 1 aromatic rings. The number of allylic oxidation sites excluding steroid dienone is 1. The summed E-state index contributed by atoms with van der Waals surface area (Å²) in [5.74, 6) is 0.476. The van der Waals surface area contributed by atoms with Crippen LogP contribution < -0.4 is 4.74 Å². The maximum atomic E-state index is 5.96. The number of hydrogen-bond donors (Lipinski definition) is 0. The normalized spacial score (nSPS) is 12.3. The molecule has 0 saturated carbocycles. The third-order valence-corrected chi connectivity index (χ3v) is 2.50. The summed E-state index contributed by atoms with van der Waals surface area (Å²) in [5.41, 5.74) is 0.927. The van der Waals surface area contributed by atoms with E-state index >= 15 is 0 Å². The quantitative estimate of drug-likeness (QED) is 0.710. The molecule has 0 bridgehead atoms. The summed E-state index contributed by atoms with van der Waals surface area (Å²) in [6.45, 7) is 7.55. The number of hydrogen-bond acceptors (Lipinski definition) is 1. The van der Waals surface area contributed by atoms with Gasteiger partial charge in [0.25, 0.3) is 0 Å². The number of benzene rings is 1. The molecule has 75 valence electrons. The Morgan fingerprint density at radius 3 is 2.21 bits per heavy atom. The third-order valence-electron chi connectivity index (χ3n) is 1.94. The molecule has 0 aromatic heterocycles. The largest absolute Gasteiger partial charge is 0.494 e. The van der Waals surface area contributed by atoms with Gasteiger partial charge in [0.15, 0.2) is 5.75 Å². The lowest BCUT2D eigenvalue weighted by Gasteiger charge is -2.11. The Morgan fingerprint density at radius 1 is 1.36 bits per heavy atom. The minimum absolute atomic E-state index is 0.0177. The summed E-state index contributed by atoms with van der Waals surface area (Å²) < 4.78 is 5.03. The molecular formula is C11H11Cl2O. The average Bonchev–Trinajstić information content (AvgIpc) is 2.16. The molecule has 0 spiro atoms. The first-order valence-corrected chi connectivity index (χ1v) is 4.84. The van der Waals surface area contributed by atoms with Gasteiger partial charge in [-0.25, -0.2) is 0 Å². The second kappa shape index (κ2) is 4.72. The molecule has 14 heavy (non-hydrogen) atoms. The van der Waals surface area contributed by atoms with Crippen LogP contribution in [0.3, 0.4) is 0 Å². The van der Waals surface area contributed by atoms with Crippen LogP contribution in [-0.2, 0) is 0 Å². The van der Waals surface area contributed by atoms with E-state index in [9.17, 15) is 0 Å². The summed E-state index contributed by atoms with van der Waals surface area (Å²) >= 11 is 11.9. The highest BCUT2D eigenvalue weighted by Gasteiger charge is 2.10. The fourth-order valence-electron chi connectivity index (χ4n) is 1.12. The van der Waals surface area contributed by atoms with Gasteiger partial charge in [0, 0.05) is 5.92 Å². The first kappa shape index (κ1) is 11.4. The van der Waals surface area contributed by atoms with Gasteiger partial charge in [-0.15, -0.1) is 6.58 Å². The van der Waals surface area contributed by atoms with Crippen molar-refractivity contribution in [1.29, 1.82) is 0 Å². The van der Waals surface area contributed by atoms with Crippen molar-refractivity contribution in [1.82, 2.24) is 0 Å². The van der Waals surface area contributed by atoms with E-state index in [-0.39, 0.29) is 5.92 Å². The topological polar surface area (TPSA) is 9.23 Å². The number of rotatable bonds is 3. The average molecular weight is 230 g/mol. The van der Waals surface area contributed by atoms with Crippen molar-refractivity contribution in [3.63, 3.8) is 0 Å². The van der Waals surface area contributed by atoms with Gasteiger partial charge in [-0.2, -0.15) is 0 Å². The van der Waals surface area contributed by atoms with Gasteiger partial charge in [-0.3, -0.25) is 0 Å². The first-order chi connectivity index (χ1) is 6.60. The second-order valence-corrected chi connectivity index (χ2v) is 3.67. The Balaban J connectivity index is 3.20. The predicted octanol–water partition coefficient (Wildman–Crippen LogP) is 4.11. The van der Waals surface area contributed by atoms with Gasteiger partial charge in [-0.05, 0) is 24.6 Å². The maximum Gasteiger partial charge on any atom is 0.156 e. The summed E-state index contributed by atoms with van der Waals surface area (Å²) in [6, 6.07) is 3.57. The van der Waals surface area contributed by atoms with Crippen molar-refractivity contribution >= 4 is 23.2 Å². The summed E-state index contributed by atoms with van der Waals surface area (Å²) in [6.07, 6.45) is 1.73. The van der Waals surface area contributed by atoms with Gasteiger partial charge in [-0.1, -0.05) is 29.3 Å². The number of ether oxygens (including phenoxy) is 1. The second-order valence-electron chi connectivity index (χ2n) is 2.86. The SMILES string of the molecule is [CH2]C(C=C)c1cc(Cl)c(OC)c(Cl)c1. The molecule has 0 aliphatic carbocycles. The van der Waals surface area contributed by atoms with Gasteiger partial charge in [0.1, 0.15) is 0 Å². The molecule has 1 nitrogen and oxygen atoms in total. The Labute approximate surface area is 94.3 Å². The van der Waals surface area contributed by atoms with E-state index < -0.39 is 0 Å². The molecule has 3 heteroatoms. The molecule has 0 N–H and O–H groups in total. The number of halogens is 2. The van der Waals surface area contributed by atoms with E-state index in [1.54, 1.807) is 18.2 Å². The molecule has 0 fully saturated rings. The molecule has 1 aromatic carbocycles. The zero-order chi connectivity index (χ0) is 10.7. The van der Waals surface area contributed by atoms with Crippen molar-refractivity contribution in [3.05, 3.63) is 47.3 Å². The van der Waals surface area contributed by atoms with Crippen molar-refractivity contribution in [3.8, 4) is 5.75 Å². The fraction of sp³-hybridized carbons (Fsp3) is 0.182. The summed E-state index contributed by atoms with van der Waals surface area (Å²) in [4.78, 5) is 0. The van der Waals surface area contributed by atoms with Crippen LogP contribution in [0.4, 0.5) is 0 Å². The molecule has 1 atom stereocenters. The van der Waals surface area contributed by atoms with Crippen molar-refractivity contribution < 1.29 is 4.74 Å². The van der Waals surface area contributed by atoms with Crippen molar-refractivity contribution in [2.24, 2.45) is 0 Å². The highest BCUT2D eigenvalue weighted by Crippen LogP contribution is 2.35. The van der Waals surface area contributed by atoms with Crippen LogP contribution >= 0.6 is 23.2 Å². The molecule has 0 amide bonds. The van der Waals surface area contributed by atoms with Crippen LogP contribution in [0, 0.1) is 6.92 Å². The van der Waals surface area contributed by atoms with E-state index in [0.29, 0.717) is 15.8 Å². The minimum Gasteiger partial charge on any atom is -0.494 e. The Hall–Kier alpha value is -0.660. The number of methoxy groups -OCH3 is 1. The van der Waals surface area contributed by atoms with E-state index in [2.05, 4.69) is 13.5 Å². The zero-order valence-electron chi connectivity index (χ0n) is 7.89. The highest BCUT2D eigenvalue weighted by atomic mass is 35.5. The van der Waals surface area contributed by atoms with Gasteiger partial charge >= 0.3 is 0 Å². The standard InChI is InChI=1S/C11H11Cl2O/c1-4-7(2)8-5-9(12)11(14-3)10(13)6-8/h4-7H,1-2H2,3H3. The van der Waals surface area contributed by atoms with Crippen LogP contribution in [0.5, 0.6) is 5.75 Å². The molecule has 0 heterocycles. The van der Waals surface area contributed by atoms with E-state index in [4.69, 9.17) is 27.9 Å². The maximum absolute atomic E-state index is 5.96. The summed E-state index contributed by atoms with van der Waals surface area (Å²) in [5, 5.41) is 0.982. The fourth-order valence-corrected chi connectivity index (χ4v) is 1.78. The Bertz CT molecular complexity index is 324. The minimum atomic E-state index is -0.0177. The van der Waals surface area contributed by atoms with Gasteiger partial charge in [0.05, 0.1) is 17.2 Å². The van der Waals surface area contributed by atoms with Crippen LogP contribution in [0.1, 0.15) is 11.5 Å². The monoisotopic (exact) mass is 229 g/mol. The molecule has 0 aliphatic rings. The van der Waals surface area contributed by atoms with Crippen molar-refractivity contribution in [2.75, 3.05) is 7.11 Å². The zero-order valence-corrected chi connectivity index (χ0v) is 9.40. The lowest BCUT2D eigenvalue weighted by molar-refractivity contribution is 0.415. The lowest BCUT2D eigenvalue weighted by Crippen LogP contribution is -1.92. The van der Waals surface area contributed by atoms with E-state index in [0.717, 1.165) is 5.56 Å². The van der Waals surface area contributed by atoms with E-state index in [1.165, 1.54) is 7.11 Å². The molecule has 1 unspecified atom stereocenters. The van der Waals surface area contributed by atoms with Gasteiger partial charge in [0.2, 0.25) is 0 Å². The summed E-state index contributed by atoms with van der Waals surface area (Å²) in [7, 11) is 1.53. The van der Waals surface area contributed by atoms with Crippen LogP contribution in [-0.4, -0.2) is 7.11 Å².